The van der Waals surface area contributed by atoms with Gasteiger partial charge in [0.15, 0.2) is 0 Å². The van der Waals surface area contributed by atoms with Crippen LogP contribution in [-0.2, 0) is 10.0 Å². The van der Waals surface area contributed by atoms with Gasteiger partial charge in [-0.15, -0.1) is 0 Å². The van der Waals surface area contributed by atoms with E-state index in [0.29, 0.717) is 18.9 Å². The van der Waals surface area contributed by atoms with Crippen molar-refractivity contribution in [2.45, 2.75) is 45.8 Å². The van der Waals surface area contributed by atoms with Gasteiger partial charge in [-0.25, -0.2) is 8.42 Å². The third-order valence-electron chi connectivity index (χ3n) is 4.30. The Balaban J connectivity index is 1.94. The molecule has 1 saturated heterocycles. The van der Waals surface area contributed by atoms with Crippen LogP contribution in [0.25, 0.3) is 0 Å². The summed E-state index contributed by atoms with van der Waals surface area (Å²) in [6, 6.07) is 7.93. The SMILES string of the molecule is CC(O)CC(C)CNC(C)c1ccc(N2CCCS2(=O)=O)cc1. The molecule has 1 aliphatic heterocycles. The van der Waals surface area contributed by atoms with Gasteiger partial charge in [0.05, 0.1) is 17.5 Å². The molecule has 1 aliphatic rings. The molecule has 1 heterocycles. The van der Waals surface area contributed by atoms with Gasteiger partial charge < -0.3 is 10.4 Å². The molecular weight excluding hydrogens is 312 g/mol. The second-order valence-electron chi connectivity index (χ2n) is 6.65. The Morgan fingerprint density at radius 2 is 1.87 bits per heavy atom. The van der Waals surface area contributed by atoms with Gasteiger partial charge in [-0.3, -0.25) is 4.31 Å². The first-order valence-electron chi connectivity index (χ1n) is 8.31. The molecule has 1 aromatic rings. The smallest absolute Gasteiger partial charge is 0.235 e. The number of aliphatic hydroxyl groups is 1. The van der Waals surface area contributed by atoms with Gasteiger partial charge in [-0.05, 0) is 56.8 Å². The van der Waals surface area contributed by atoms with Crippen LogP contribution in [-0.4, -0.2) is 38.5 Å². The molecule has 0 saturated carbocycles. The van der Waals surface area contributed by atoms with E-state index in [9.17, 15) is 13.5 Å². The Hall–Kier alpha value is -1.11. The van der Waals surface area contributed by atoms with E-state index < -0.39 is 10.0 Å². The van der Waals surface area contributed by atoms with Gasteiger partial charge in [0, 0.05) is 12.6 Å². The zero-order valence-electron chi connectivity index (χ0n) is 14.2. The number of nitrogens with zero attached hydrogens (tertiary/aromatic N) is 1. The highest BCUT2D eigenvalue weighted by atomic mass is 32.2. The minimum atomic E-state index is -3.11. The van der Waals surface area contributed by atoms with Crippen LogP contribution in [0.15, 0.2) is 24.3 Å². The highest BCUT2D eigenvalue weighted by Crippen LogP contribution is 2.25. The molecular formula is C17H28N2O3S. The summed E-state index contributed by atoms with van der Waals surface area (Å²) in [5.74, 6) is 0.653. The summed E-state index contributed by atoms with van der Waals surface area (Å²) in [5, 5.41) is 12.9. The lowest BCUT2D eigenvalue weighted by atomic mass is 10.0. The van der Waals surface area contributed by atoms with Gasteiger partial charge in [-0.2, -0.15) is 0 Å². The molecule has 6 heteroatoms. The number of benzene rings is 1. The van der Waals surface area contributed by atoms with Crippen LogP contribution < -0.4 is 9.62 Å². The monoisotopic (exact) mass is 340 g/mol. The number of sulfonamides is 1. The van der Waals surface area contributed by atoms with Crippen molar-refractivity contribution < 1.29 is 13.5 Å². The van der Waals surface area contributed by atoms with E-state index in [-0.39, 0.29) is 17.9 Å². The van der Waals surface area contributed by atoms with Gasteiger partial charge in [0.25, 0.3) is 0 Å². The van der Waals surface area contributed by atoms with E-state index >= 15 is 0 Å². The van der Waals surface area contributed by atoms with E-state index in [1.807, 2.05) is 31.2 Å². The van der Waals surface area contributed by atoms with Crippen LogP contribution in [0.1, 0.15) is 45.2 Å². The molecule has 2 N–H and O–H groups in total. The number of nitrogens with one attached hydrogen (secondary N) is 1. The van der Waals surface area contributed by atoms with Crippen molar-refractivity contribution in [2.24, 2.45) is 5.92 Å². The zero-order chi connectivity index (χ0) is 17.0. The van der Waals surface area contributed by atoms with Crippen LogP contribution in [0.4, 0.5) is 5.69 Å². The van der Waals surface area contributed by atoms with Crippen LogP contribution >= 0.6 is 0 Å². The summed E-state index contributed by atoms with van der Waals surface area (Å²) in [7, 11) is -3.11. The van der Waals surface area contributed by atoms with E-state index in [0.717, 1.165) is 24.2 Å². The fourth-order valence-corrected chi connectivity index (χ4v) is 4.58. The van der Waals surface area contributed by atoms with Gasteiger partial charge >= 0.3 is 0 Å². The molecule has 3 atom stereocenters. The minimum absolute atomic E-state index is 0.190. The summed E-state index contributed by atoms with van der Waals surface area (Å²) in [6.45, 7) is 7.44. The second-order valence-corrected chi connectivity index (χ2v) is 8.67. The van der Waals surface area contributed by atoms with Gasteiger partial charge in [0.1, 0.15) is 0 Å². The van der Waals surface area contributed by atoms with Crippen molar-refractivity contribution in [3.05, 3.63) is 29.8 Å². The lowest BCUT2D eigenvalue weighted by Crippen LogP contribution is -2.27. The largest absolute Gasteiger partial charge is 0.393 e. The average molecular weight is 340 g/mol. The predicted octanol–water partition coefficient (Wildman–Crippen LogP) is 2.28. The lowest BCUT2D eigenvalue weighted by Gasteiger charge is -2.21. The fourth-order valence-electron chi connectivity index (χ4n) is 3.02. The van der Waals surface area contributed by atoms with Crippen molar-refractivity contribution >= 4 is 15.7 Å². The molecule has 0 aliphatic carbocycles. The Morgan fingerprint density at radius 3 is 2.39 bits per heavy atom. The maximum absolute atomic E-state index is 11.9. The topological polar surface area (TPSA) is 69.6 Å². The molecule has 130 valence electrons. The van der Waals surface area contributed by atoms with Gasteiger partial charge in [0.2, 0.25) is 10.0 Å². The molecule has 23 heavy (non-hydrogen) atoms. The Labute approximate surface area is 139 Å². The number of hydrogen-bond donors (Lipinski definition) is 2. The molecule has 0 aromatic heterocycles. The average Bonchev–Trinajstić information content (AvgIpc) is 2.83. The second kappa shape index (κ2) is 7.64. The van der Waals surface area contributed by atoms with Crippen LogP contribution in [0.3, 0.4) is 0 Å². The summed E-state index contributed by atoms with van der Waals surface area (Å²) >= 11 is 0. The van der Waals surface area contributed by atoms with E-state index in [1.54, 1.807) is 0 Å². The van der Waals surface area contributed by atoms with Crippen molar-refractivity contribution in [1.29, 1.82) is 0 Å². The molecule has 5 nitrogen and oxygen atoms in total. The van der Waals surface area contributed by atoms with E-state index in [2.05, 4.69) is 19.2 Å². The Bertz CT molecular complexity index is 599. The molecule has 0 spiro atoms. The van der Waals surface area contributed by atoms with Gasteiger partial charge in [-0.1, -0.05) is 19.1 Å². The molecule has 2 rings (SSSR count). The van der Waals surface area contributed by atoms with Crippen LogP contribution in [0.2, 0.25) is 0 Å². The van der Waals surface area contributed by atoms with Crippen molar-refractivity contribution in [3.8, 4) is 0 Å². The molecule has 0 bridgehead atoms. The maximum atomic E-state index is 11.9. The third kappa shape index (κ3) is 4.93. The molecule has 0 amide bonds. The molecule has 3 unspecified atom stereocenters. The summed E-state index contributed by atoms with van der Waals surface area (Å²) in [5.41, 5.74) is 1.88. The first-order chi connectivity index (χ1) is 10.8. The normalized spacial score (nSPS) is 21.1. The van der Waals surface area contributed by atoms with Crippen LogP contribution in [0.5, 0.6) is 0 Å². The number of aliphatic hydroxyl groups excluding tert-OH is 1. The van der Waals surface area contributed by atoms with Crippen LogP contribution in [0, 0.1) is 5.92 Å². The van der Waals surface area contributed by atoms with Crippen molar-refractivity contribution in [3.63, 3.8) is 0 Å². The van der Waals surface area contributed by atoms with E-state index in [1.165, 1.54) is 4.31 Å². The van der Waals surface area contributed by atoms with Crippen molar-refractivity contribution in [2.75, 3.05) is 23.1 Å². The third-order valence-corrected chi connectivity index (χ3v) is 6.17. The maximum Gasteiger partial charge on any atom is 0.235 e. The summed E-state index contributed by atoms with van der Waals surface area (Å²) < 4.78 is 25.4. The summed E-state index contributed by atoms with van der Waals surface area (Å²) in [6.07, 6.45) is 1.21. The highest BCUT2D eigenvalue weighted by Gasteiger charge is 2.28. The zero-order valence-corrected chi connectivity index (χ0v) is 15.0. The quantitative estimate of drug-likeness (QED) is 0.799. The standard InChI is InChI=1S/C17H28N2O3S/c1-13(11-14(2)20)12-18-15(3)16-5-7-17(8-6-16)19-9-4-10-23(19,21)22/h5-8,13-15,18,20H,4,9-12H2,1-3H3. The summed E-state index contributed by atoms with van der Waals surface area (Å²) in [4.78, 5) is 0. The number of rotatable bonds is 7. The molecule has 0 radical (unpaired) electrons. The minimum Gasteiger partial charge on any atom is -0.393 e. The molecule has 1 aromatic carbocycles. The van der Waals surface area contributed by atoms with E-state index in [4.69, 9.17) is 0 Å². The van der Waals surface area contributed by atoms with Crippen molar-refractivity contribution in [1.82, 2.24) is 5.32 Å². The first-order valence-corrected chi connectivity index (χ1v) is 9.92. The first kappa shape index (κ1) is 18.2. The lowest BCUT2D eigenvalue weighted by molar-refractivity contribution is 0.162. The number of anilines is 1. The predicted molar refractivity (Wildman–Crippen MR) is 94.1 cm³/mol. The fraction of sp³-hybridized carbons (Fsp3) is 0.647. The Kier molecular flexibility index (Phi) is 6.06. The molecule has 1 fully saturated rings. The highest BCUT2D eigenvalue weighted by molar-refractivity contribution is 7.93. The Morgan fingerprint density at radius 1 is 1.22 bits per heavy atom. The number of hydrogen-bond acceptors (Lipinski definition) is 4.